The molecule has 3 amide bonds. The molecule has 5 heterocycles. The number of amides is 3. The fourth-order valence-electron chi connectivity index (χ4n) is 6.93. The third-order valence-electron chi connectivity index (χ3n) is 9.22. The molecule has 12 nitrogen and oxygen atoms in total. The Balaban J connectivity index is 1.56. The molecule has 0 aromatic heterocycles. The number of hydrogen-bond acceptors (Lipinski definition) is 9. The van der Waals surface area contributed by atoms with E-state index in [1.165, 1.54) is 4.90 Å². The summed E-state index contributed by atoms with van der Waals surface area (Å²) in [7, 11) is 0. The molecule has 5 bridgehead atoms. The zero-order valence-corrected chi connectivity index (χ0v) is 26.7. The molecular formula is C30H43BrN4O8. The minimum Gasteiger partial charge on any atom is -0.460 e. The first-order valence-corrected chi connectivity index (χ1v) is 16.1. The summed E-state index contributed by atoms with van der Waals surface area (Å²) in [5.74, 6) is -3.66. The number of ether oxygens (including phenoxy) is 3. The molecule has 3 fully saturated rings. The molecule has 1 spiro atoms. The molecule has 2 N–H and O–H groups in total. The predicted molar refractivity (Wildman–Crippen MR) is 159 cm³/mol. The molecule has 3 saturated heterocycles. The standard InChI is InChI=1S/C30H43BrN4O8/c1-18(2)21(17-36)35-26-28(39)34(10-9-33-11-13-41-14-12-33)8-6-4-5-7-22(37)32-16-19(3)42-29(40)23-24(27(35)38)30(26)15-20(31)25(23)43-30/h4,6,15,18-19,21,23-26,36H,5,7-14,16-17H2,1-3H3,(H,32,37)/b6-4-/t19-,21+,23+,24-,25+,26+,30-/m1/s1. The van der Waals surface area contributed by atoms with Gasteiger partial charge in [-0.1, -0.05) is 41.9 Å². The number of morpholine rings is 1. The predicted octanol–water partition coefficient (Wildman–Crippen LogP) is 0.435. The molecule has 0 radical (unpaired) electrons. The van der Waals surface area contributed by atoms with Gasteiger partial charge in [0.2, 0.25) is 17.7 Å². The molecule has 0 aromatic carbocycles. The summed E-state index contributed by atoms with van der Waals surface area (Å²) in [6.07, 6.45) is 4.85. The number of cyclic esters (lactones) is 1. The van der Waals surface area contributed by atoms with Crippen LogP contribution < -0.4 is 5.32 Å². The van der Waals surface area contributed by atoms with Gasteiger partial charge in [-0.15, -0.1) is 0 Å². The second-order valence-corrected chi connectivity index (χ2v) is 13.3. The Morgan fingerprint density at radius 3 is 2.56 bits per heavy atom. The number of fused-ring (bicyclic) bond motifs is 2. The number of likely N-dealkylation sites (tertiary alicyclic amines) is 1. The minimum atomic E-state index is -1.41. The number of carbonyl (C=O) groups is 4. The fraction of sp³-hybridized carbons (Fsp3) is 0.733. The highest BCUT2D eigenvalue weighted by Crippen LogP contribution is 2.59. The van der Waals surface area contributed by atoms with E-state index in [1.807, 2.05) is 26.0 Å². The first-order valence-electron chi connectivity index (χ1n) is 15.3. The zero-order valence-electron chi connectivity index (χ0n) is 25.1. The van der Waals surface area contributed by atoms with Crippen molar-refractivity contribution in [3.05, 3.63) is 22.7 Å². The maximum Gasteiger partial charge on any atom is 0.313 e. The number of carbonyl (C=O) groups excluding carboxylic acids is 4. The van der Waals surface area contributed by atoms with Crippen LogP contribution in [0.2, 0.25) is 0 Å². The number of halogens is 1. The summed E-state index contributed by atoms with van der Waals surface area (Å²) in [4.78, 5) is 60.6. The summed E-state index contributed by atoms with van der Waals surface area (Å²) in [5.41, 5.74) is -1.41. The molecule has 13 heteroatoms. The summed E-state index contributed by atoms with van der Waals surface area (Å²) in [5, 5.41) is 13.3. The molecule has 5 rings (SSSR count). The quantitative estimate of drug-likeness (QED) is 0.305. The van der Waals surface area contributed by atoms with Gasteiger partial charge < -0.3 is 34.4 Å². The van der Waals surface area contributed by atoms with Gasteiger partial charge >= 0.3 is 5.97 Å². The second-order valence-electron chi connectivity index (χ2n) is 12.4. The van der Waals surface area contributed by atoms with Gasteiger partial charge in [0.05, 0.1) is 38.3 Å². The molecule has 238 valence electrons. The van der Waals surface area contributed by atoms with E-state index >= 15 is 0 Å². The van der Waals surface area contributed by atoms with Crippen LogP contribution >= 0.6 is 15.9 Å². The van der Waals surface area contributed by atoms with Crippen molar-refractivity contribution in [3.8, 4) is 0 Å². The summed E-state index contributed by atoms with van der Waals surface area (Å²) in [6.45, 7) is 9.32. The lowest BCUT2D eigenvalue weighted by molar-refractivity contribution is -0.159. The van der Waals surface area contributed by atoms with Crippen LogP contribution in [0.3, 0.4) is 0 Å². The molecule has 43 heavy (non-hydrogen) atoms. The van der Waals surface area contributed by atoms with Crippen molar-refractivity contribution < 1.29 is 38.5 Å². The first-order chi connectivity index (χ1) is 20.6. The Bertz CT molecular complexity index is 1160. The highest BCUT2D eigenvalue weighted by Gasteiger charge is 2.75. The van der Waals surface area contributed by atoms with Crippen molar-refractivity contribution in [1.29, 1.82) is 0 Å². The van der Waals surface area contributed by atoms with Crippen LogP contribution in [0.5, 0.6) is 0 Å². The Hall–Kier alpha value is -2.32. The maximum absolute atomic E-state index is 14.8. The topological polar surface area (TPSA) is 138 Å². The minimum absolute atomic E-state index is 0.135. The van der Waals surface area contributed by atoms with Gasteiger partial charge in [-0.25, -0.2) is 0 Å². The number of allylic oxidation sites excluding steroid dienone is 1. The van der Waals surface area contributed by atoms with E-state index in [1.54, 1.807) is 17.9 Å². The molecule has 5 aliphatic heterocycles. The Kier molecular flexibility index (Phi) is 9.96. The fourth-order valence-corrected chi connectivity index (χ4v) is 7.67. The monoisotopic (exact) mass is 666 g/mol. The number of esters is 1. The van der Waals surface area contributed by atoms with Crippen LogP contribution in [-0.4, -0.2) is 132 Å². The molecular weight excluding hydrogens is 624 g/mol. The van der Waals surface area contributed by atoms with E-state index in [0.29, 0.717) is 37.2 Å². The van der Waals surface area contributed by atoms with Gasteiger partial charge in [0.25, 0.3) is 0 Å². The SMILES string of the molecule is CC(C)[C@H](CO)N1C(=O)[C@H]2[C@@H]3C(=O)O[C@H](C)CNC(=O)CC/C=C\CN(CCN4CCOCC4)C(=O)[C@H]1[C@@]21C=C(Br)[C@@H]3O1. The highest BCUT2D eigenvalue weighted by molar-refractivity contribution is 9.11. The van der Waals surface area contributed by atoms with Crippen molar-refractivity contribution in [1.82, 2.24) is 20.0 Å². The average Bonchev–Trinajstić information content (AvgIpc) is 3.57. The normalized spacial score (nSPS) is 35.6. The van der Waals surface area contributed by atoms with Crippen LogP contribution in [0.4, 0.5) is 0 Å². The van der Waals surface area contributed by atoms with Gasteiger partial charge in [-0.2, -0.15) is 0 Å². The van der Waals surface area contributed by atoms with Gasteiger partial charge in [0, 0.05) is 43.6 Å². The van der Waals surface area contributed by atoms with Crippen LogP contribution in [-0.2, 0) is 33.4 Å². The third-order valence-corrected chi connectivity index (χ3v) is 9.90. The molecule has 7 atom stereocenters. The van der Waals surface area contributed by atoms with E-state index in [2.05, 4.69) is 26.1 Å². The van der Waals surface area contributed by atoms with Crippen LogP contribution in [0.25, 0.3) is 0 Å². The molecule has 0 saturated carbocycles. The van der Waals surface area contributed by atoms with E-state index in [-0.39, 0.29) is 43.8 Å². The number of nitrogens with one attached hydrogen (secondary N) is 1. The lowest BCUT2D eigenvalue weighted by Gasteiger charge is -2.40. The number of hydrogen-bond donors (Lipinski definition) is 2. The van der Waals surface area contributed by atoms with Gasteiger partial charge in [-0.05, 0) is 25.3 Å². The number of rotatable bonds is 6. The second kappa shape index (κ2) is 13.4. The van der Waals surface area contributed by atoms with Crippen LogP contribution in [0.1, 0.15) is 33.6 Å². The smallest absolute Gasteiger partial charge is 0.313 e. The Morgan fingerprint density at radius 2 is 1.86 bits per heavy atom. The molecule has 0 aromatic rings. The number of aliphatic hydroxyl groups is 1. The van der Waals surface area contributed by atoms with Gasteiger partial charge in [-0.3, -0.25) is 24.1 Å². The van der Waals surface area contributed by atoms with Crippen LogP contribution in [0.15, 0.2) is 22.7 Å². The average molecular weight is 668 g/mol. The van der Waals surface area contributed by atoms with E-state index in [9.17, 15) is 24.3 Å². The lowest BCUT2D eigenvalue weighted by Crippen LogP contribution is -2.60. The first kappa shape index (κ1) is 32.1. The summed E-state index contributed by atoms with van der Waals surface area (Å²) < 4.78 is 18.3. The molecule has 0 unspecified atom stereocenters. The highest BCUT2D eigenvalue weighted by atomic mass is 79.9. The zero-order chi connectivity index (χ0) is 30.9. The van der Waals surface area contributed by atoms with E-state index in [4.69, 9.17) is 14.2 Å². The molecule has 5 aliphatic rings. The largest absolute Gasteiger partial charge is 0.460 e. The van der Waals surface area contributed by atoms with E-state index in [0.717, 1.165) is 13.1 Å². The van der Waals surface area contributed by atoms with Crippen molar-refractivity contribution >= 4 is 39.6 Å². The van der Waals surface area contributed by atoms with Crippen molar-refractivity contribution in [2.45, 2.75) is 63.5 Å². The number of nitrogens with zero attached hydrogens (tertiary/aromatic N) is 3. The number of aliphatic hydroxyl groups excluding tert-OH is 1. The Morgan fingerprint density at radius 1 is 1.12 bits per heavy atom. The summed E-state index contributed by atoms with van der Waals surface area (Å²) >= 11 is 3.56. The Labute approximate surface area is 260 Å². The third kappa shape index (κ3) is 6.15. The lowest BCUT2D eigenvalue weighted by atomic mass is 9.74. The van der Waals surface area contributed by atoms with Crippen molar-refractivity contribution in [2.24, 2.45) is 17.8 Å². The van der Waals surface area contributed by atoms with Crippen LogP contribution in [0, 0.1) is 17.8 Å². The molecule has 0 aliphatic carbocycles. The maximum atomic E-state index is 14.8. The summed E-state index contributed by atoms with van der Waals surface area (Å²) in [6, 6.07) is -1.75. The van der Waals surface area contributed by atoms with Gasteiger partial charge in [0.1, 0.15) is 29.8 Å². The van der Waals surface area contributed by atoms with Crippen molar-refractivity contribution in [2.75, 3.05) is 59.1 Å². The van der Waals surface area contributed by atoms with Gasteiger partial charge in [0.15, 0.2) is 0 Å². The van der Waals surface area contributed by atoms with E-state index < -0.39 is 53.6 Å². The van der Waals surface area contributed by atoms with Crippen molar-refractivity contribution in [3.63, 3.8) is 0 Å².